The molecule has 2 rings (SSSR count). The molecule has 0 bridgehead atoms. The van der Waals surface area contributed by atoms with Gasteiger partial charge in [-0.05, 0) is 42.3 Å². The summed E-state index contributed by atoms with van der Waals surface area (Å²) in [5.74, 6) is -0.280. The van der Waals surface area contributed by atoms with Gasteiger partial charge in [0.25, 0.3) is 0 Å². The number of rotatable bonds is 5. The van der Waals surface area contributed by atoms with Gasteiger partial charge in [-0.1, -0.05) is 12.1 Å². The molecule has 0 saturated carbocycles. The zero-order valence-electron chi connectivity index (χ0n) is 11.9. The fraction of sp³-hybridized carbons (Fsp3) is 0.250. The quantitative estimate of drug-likeness (QED) is 0.919. The van der Waals surface area contributed by atoms with Crippen LogP contribution in [0.5, 0.6) is 0 Å². The number of carbonyl (C=O) groups excluding carboxylic acids is 1. The molecule has 1 aromatic carbocycles. The summed E-state index contributed by atoms with van der Waals surface area (Å²) >= 11 is 0. The Morgan fingerprint density at radius 1 is 1.14 bits per heavy atom. The van der Waals surface area contributed by atoms with Gasteiger partial charge in [0.2, 0.25) is 0 Å². The molecule has 0 atom stereocenters. The number of hydrogen-bond donors (Lipinski definition) is 1. The standard InChI is InChI=1S/C16H18FN3O/c1-2-20(12-14-7-9-18-10-8-14)16(21)19-11-13-3-5-15(17)6-4-13/h3-10H,2,11-12H2,1H3,(H,19,21). The monoisotopic (exact) mass is 287 g/mol. The highest BCUT2D eigenvalue weighted by atomic mass is 19.1. The number of amides is 2. The van der Waals surface area contributed by atoms with Gasteiger partial charge in [-0.3, -0.25) is 4.98 Å². The van der Waals surface area contributed by atoms with Crippen LogP contribution in [-0.4, -0.2) is 22.5 Å². The zero-order valence-corrected chi connectivity index (χ0v) is 11.9. The summed E-state index contributed by atoms with van der Waals surface area (Å²) in [6, 6.07) is 9.72. The molecule has 1 heterocycles. The Labute approximate surface area is 123 Å². The fourth-order valence-corrected chi connectivity index (χ4v) is 1.93. The Kier molecular flexibility index (Phi) is 5.26. The lowest BCUT2D eigenvalue weighted by Crippen LogP contribution is -2.39. The number of nitrogens with one attached hydrogen (secondary N) is 1. The maximum absolute atomic E-state index is 12.8. The molecule has 0 aliphatic rings. The van der Waals surface area contributed by atoms with Crippen LogP contribution >= 0.6 is 0 Å². The van der Waals surface area contributed by atoms with Crippen molar-refractivity contribution in [3.05, 3.63) is 65.7 Å². The highest BCUT2D eigenvalue weighted by molar-refractivity contribution is 5.74. The van der Waals surface area contributed by atoms with Gasteiger partial charge in [-0.25, -0.2) is 9.18 Å². The highest BCUT2D eigenvalue weighted by Gasteiger charge is 2.11. The molecule has 0 aliphatic carbocycles. The van der Waals surface area contributed by atoms with Gasteiger partial charge in [0.15, 0.2) is 0 Å². The molecule has 2 aromatic rings. The van der Waals surface area contributed by atoms with Gasteiger partial charge in [0.1, 0.15) is 5.82 Å². The summed E-state index contributed by atoms with van der Waals surface area (Å²) in [7, 11) is 0. The van der Waals surface area contributed by atoms with Crippen LogP contribution in [0.25, 0.3) is 0 Å². The molecule has 0 unspecified atom stereocenters. The molecule has 0 radical (unpaired) electrons. The average molecular weight is 287 g/mol. The van der Waals surface area contributed by atoms with E-state index in [9.17, 15) is 9.18 Å². The van der Waals surface area contributed by atoms with Crippen molar-refractivity contribution in [3.8, 4) is 0 Å². The molecular formula is C16H18FN3O. The van der Waals surface area contributed by atoms with Crippen LogP contribution < -0.4 is 5.32 Å². The lowest BCUT2D eigenvalue weighted by molar-refractivity contribution is 0.197. The normalized spacial score (nSPS) is 10.2. The lowest BCUT2D eigenvalue weighted by Gasteiger charge is -2.21. The first kappa shape index (κ1) is 15.0. The summed E-state index contributed by atoms with van der Waals surface area (Å²) in [6.45, 7) is 3.45. The minimum atomic E-state index is -0.280. The van der Waals surface area contributed by atoms with Crippen molar-refractivity contribution < 1.29 is 9.18 Å². The molecule has 0 aliphatic heterocycles. The summed E-state index contributed by atoms with van der Waals surface area (Å²) in [6.07, 6.45) is 3.42. The summed E-state index contributed by atoms with van der Waals surface area (Å²) < 4.78 is 12.8. The van der Waals surface area contributed by atoms with Crippen LogP contribution in [0.1, 0.15) is 18.1 Å². The molecule has 0 saturated heterocycles. The number of urea groups is 1. The molecule has 0 fully saturated rings. The summed E-state index contributed by atoms with van der Waals surface area (Å²) in [5, 5.41) is 2.84. The second-order valence-corrected chi connectivity index (χ2v) is 4.65. The molecule has 4 nitrogen and oxygen atoms in total. The first-order chi connectivity index (χ1) is 10.2. The Morgan fingerprint density at radius 3 is 2.43 bits per heavy atom. The smallest absolute Gasteiger partial charge is 0.317 e. The van der Waals surface area contributed by atoms with Crippen LogP contribution in [0, 0.1) is 5.82 Å². The number of nitrogens with zero attached hydrogens (tertiary/aromatic N) is 2. The van der Waals surface area contributed by atoms with Crippen molar-refractivity contribution >= 4 is 6.03 Å². The van der Waals surface area contributed by atoms with Crippen LogP contribution in [0.15, 0.2) is 48.8 Å². The second kappa shape index (κ2) is 7.38. The SMILES string of the molecule is CCN(Cc1ccncc1)C(=O)NCc1ccc(F)cc1. The zero-order chi connectivity index (χ0) is 15.1. The van der Waals surface area contributed by atoms with E-state index in [0.717, 1.165) is 11.1 Å². The van der Waals surface area contributed by atoms with Gasteiger partial charge >= 0.3 is 6.03 Å². The third kappa shape index (κ3) is 4.56. The van der Waals surface area contributed by atoms with E-state index >= 15 is 0 Å². The summed E-state index contributed by atoms with van der Waals surface area (Å²) in [5.41, 5.74) is 1.90. The minimum absolute atomic E-state index is 0.140. The largest absolute Gasteiger partial charge is 0.334 e. The van der Waals surface area contributed by atoms with Crippen LogP contribution in [0.2, 0.25) is 0 Å². The van der Waals surface area contributed by atoms with Crippen molar-refractivity contribution in [2.45, 2.75) is 20.0 Å². The van der Waals surface area contributed by atoms with Crippen molar-refractivity contribution in [2.24, 2.45) is 0 Å². The third-order valence-electron chi connectivity index (χ3n) is 3.15. The predicted octanol–water partition coefficient (Wildman–Crippen LogP) is 2.95. The second-order valence-electron chi connectivity index (χ2n) is 4.65. The Hall–Kier alpha value is -2.43. The van der Waals surface area contributed by atoms with E-state index in [0.29, 0.717) is 19.6 Å². The third-order valence-corrected chi connectivity index (χ3v) is 3.15. The van der Waals surface area contributed by atoms with Crippen molar-refractivity contribution in [1.82, 2.24) is 15.2 Å². The molecule has 21 heavy (non-hydrogen) atoms. The maximum atomic E-state index is 12.8. The van der Waals surface area contributed by atoms with E-state index in [4.69, 9.17) is 0 Å². The first-order valence-corrected chi connectivity index (χ1v) is 6.85. The van der Waals surface area contributed by atoms with Crippen LogP contribution in [-0.2, 0) is 13.1 Å². The molecule has 1 aromatic heterocycles. The fourth-order valence-electron chi connectivity index (χ4n) is 1.93. The molecule has 110 valence electrons. The number of carbonyl (C=O) groups is 1. The van der Waals surface area contributed by atoms with Crippen molar-refractivity contribution in [1.29, 1.82) is 0 Å². The predicted molar refractivity (Wildman–Crippen MR) is 79.0 cm³/mol. The minimum Gasteiger partial charge on any atom is -0.334 e. The average Bonchev–Trinajstić information content (AvgIpc) is 2.52. The van der Waals surface area contributed by atoms with Crippen molar-refractivity contribution in [2.75, 3.05) is 6.54 Å². The topological polar surface area (TPSA) is 45.2 Å². The first-order valence-electron chi connectivity index (χ1n) is 6.85. The van der Waals surface area contributed by atoms with E-state index in [1.807, 2.05) is 19.1 Å². The maximum Gasteiger partial charge on any atom is 0.317 e. The number of pyridine rings is 1. The van der Waals surface area contributed by atoms with Gasteiger partial charge in [0.05, 0.1) is 0 Å². The number of benzene rings is 1. The van der Waals surface area contributed by atoms with Crippen molar-refractivity contribution in [3.63, 3.8) is 0 Å². The molecular weight excluding hydrogens is 269 g/mol. The van der Waals surface area contributed by atoms with Crippen LogP contribution in [0.4, 0.5) is 9.18 Å². The van der Waals surface area contributed by atoms with E-state index in [1.54, 1.807) is 29.4 Å². The van der Waals surface area contributed by atoms with Crippen LogP contribution in [0.3, 0.4) is 0 Å². The Balaban J connectivity index is 1.89. The molecule has 5 heteroatoms. The van der Waals surface area contributed by atoms with Gasteiger partial charge in [0, 0.05) is 32.0 Å². The van der Waals surface area contributed by atoms with E-state index < -0.39 is 0 Å². The van der Waals surface area contributed by atoms with Gasteiger partial charge < -0.3 is 10.2 Å². The number of hydrogen-bond acceptors (Lipinski definition) is 2. The Bertz CT molecular complexity index is 572. The molecule has 1 N–H and O–H groups in total. The van der Waals surface area contributed by atoms with E-state index in [2.05, 4.69) is 10.3 Å². The Morgan fingerprint density at radius 2 is 1.81 bits per heavy atom. The number of halogens is 1. The number of aromatic nitrogens is 1. The lowest BCUT2D eigenvalue weighted by atomic mass is 10.2. The highest BCUT2D eigenvalue weighted by Crippen LogP contribution is 2.05. The summed E-state index contributed by atoms with van der Waals surface area (Å²) in [4.78, 5) is 17.8. The van der Waals surface area contributed by atoms with Gasteiger partial charge in [-0.2, -0.15) is 0 Å². The van der Waals surface area contributed by atoms with E-state index in [-0.39, 0.29) is 11.8 Å². The van der Waals surface area contributed by atoms with Gasteiger partial charge in [-0.15, -0.1) is 0 Å². The molecule has 2 amide bonds. The molecule has 0 spiro atoms. The van der Waals surface area contributed by atoms with E-state index in [1.165, 1.54) is 12.1 Å².